The maximum atomic E-state index is 11.8. The molecule has 2 heterocycles. The van der Waals surface area contributed by atoms with Gasteiger partial charge in [-0.2, -0.15) is 0 Å². The van der Waals surface area contributed by atoms with Crippen molar-refractivity contribution in [3.05, 3.63) is 0 Å². The molecule has 2 atom stereocenters. The zero-order valence-corrected chi connectivity index (χ0v) is 10.8. The van der Waals surface area contributed by atoms with Gasteiger partial charge < -0.3 is 14.7 Å². The Balaban J connectivity index is 1.98. The molecule has 0 aromatic carbocycles. The Morgan fingerprint density at radius 1 is 1.59 bits per heavy atom. The molecule has 0 unspecified atom stereocenters. The van der Waals surface area contributed by atoms with Gasteiger partial charge in [-0.15, -0.1) is 11.6 Å². The van der Waals surface area contributed by atoms with Crippen LogP contribution in [0.5, 0.6) is 0 Å². The van der Waals surface area contributed by atoms with Gasteiger partial charge in [0.15, 0.2) is 0 Å². The molecule has 17 heavy (non-hydrogen) atoms. The SMILES string of the molecule is O=C(CCCl)N1CCC[C@@]2(C[C@H](O)CCO2)C1. The number of aliphatic hydroxyl groups excluding tert-OH is 1. The van der Waals surface area contributed by atoms with Crippen LogP contribution in [0.4, 0.5) is 0 Å². The van der Waals surface area contributed by atoms with Gasteiger partial charge in [0.25, 0.3) is 0 Å². The highest BCUT2D eigenvalue weighted by Gasteiger charge is 2.41. The van der Waals surface area contributed by atoms with Crippen molar-refractivity contribution in [2.45, 2.75) is 43.8 Å². The van der Waals surface area contributed by atoms with E-state index in [2.05, 4.69) is 0 Å². The molecule has 0 aromatic rings. The molecule has 0 saturated carbocycles. The molecule has 98 valence electrons. The first kappa shape index (κ1) is 13.1. The number of amides is 1. The van der Waals surface area contributed by atoms with E-state index < -0.39 is 0 Å². The van der Waals surface area contributed by atoms with E-state index >= 15 is 0 Å². The van der Waals surface area contributed by atoms with Crippen LogP contribution < -0.4 is 0 Å². The van der Waals surface area contributed by atoms with Crippen LogP contribution in [0.15, 0.2) is 0 Å². The molecular weight excluding hydrogens is 242 g/mol. The highest BCUT2D eigenvalue weighted by atomic mass is 35.5. The maximum Gasteiger partial charge on any atom is 0.223 e. The molecule has 0 radical (unpaired) electrons. The Morgan fingerprint density at radius 3 is 3.12 bits per heavy atom. The number of hydrogen-bond donors (Lipinski definition) is 1. The summed E-state index contributed by atoms with van der Waals surface area (Å²) in [7, 11) is 0. The molecule has 0 bridgehead atoms. The summed E-state index contributed by atoms with van der Waals surface area (Å²) in [4.78, 5) is 13.7. The smallest absolute Gasteiger partial charge is 0.223 e. The fraction of sp³-hybridized carbons (Fsp3) is 0.917. The van der Waals surface area contributed by atoms with Gasteiger partial charge in [0.2, 0.25) is 5.91 Å². The lowest BCUT2D eigenvalue weighted by Gasteiger charge is -2.46. The molecule has 5 heteroatoms. The lowest BCUT2D eigenvalue weighted by atomic mass is 9.84. The number of rotatable bonds is 2. The van der Waals surface area contributed by atoms with Crippen molar-refractivity contribution in [2.75, 3.05) is 25.6 Å². The summed E-state index contributed by atoms with van der Waals surface area (Å²) < 4.78 is 5.85. The highest BCUT2D eigenvalue weighted by Crippen LogP contribution is 2.33. The molecular formula is C12H20ClNO3. The molecule has 2 saturated heterocycles. The number of ether oxygens (including phenoxy) is 1. The van der Waals surface area contributed by atoms with E-state index in [9.17, 15) is 9.90 Å². The van der Waals surface area contributed by atoms with E-state index in [0.717, 1.165) is 19.4 Å². The molecule has 0 aliphatic carbocycles. The van der Waals surface area contributed by atoms with Crippen molar-refractivity contribution in [1.82, 2.24) is 4.90 Å². The first-order valence-electron chi connectivity index (χ1n) is 6.31. The quantitative estimate of drug-likeness (QED) is 0.759. The normalized spacial score (nSPS) is 34.0. The number of likely N-dealkylation sites (tertiary alicyclic amines) is 1. The van der Waals surface area contributed by atoms with Crippen LogP contribution in [0.2, 0.25) is 0 Å². The minimum absolute atomic E-state index is 0.0998. The zero-order chi connectivity index (χ0) is 12.3. The van der Waals surface area contributed by atoms with Crippen LogP contribution in [0.25, 0.3) is 0 Å². The van der Waals surface area contributed by atoms with Crippen LogP contribution in [0, 0.1) is 0 Å². The Bertz CT molecular complexity index is 283. The van der Waals surface area contributed by atoms with Crippen LogP contribution in [-0.4, -0.2) is 53.2 Å². The summed E-state index contributed by atoms with van der Waals surface area (Å²) in [6, 6.07) is 0. The predicted molar refractivity (Wildman–Crippen MR) is 65.1 cm³/mol. The van der Waals surface area contributed by atoms with Gasteiger partial charge >= 0.3 is 0 Å². The molecule has 0 aromatic heterocycles. The first-order chi connectivity index (χ1) is 8.15. The number of aliphatic hydroxyl groups is 1. The minimum Gasteiger partial charge on any atom is -0.393 e. The fourth-order valence-corrected chi connectivity index (χ4v) is 3.00. The topological polar surface area (TPSA) is 49.8 Å². The number of hydrogen-bond acceptors (Lipinski definition) is 3. The zero-order valence-electron chi connectivity index (χ0n) is 10.0. The van der Waals surface area contributed by atoms with Crippen molar-refractivity contribution in [3.8, 4) is 0 Å². The molecule has 2 rings (SSSR count). The summed E-state index contributed by atoms with van der Waals surface area (Å²) in [6.07, 6.45) is 3.34. The second-order valence-electron chi connectivity index (χ2n) is 5.04. The molecule has 2 fully saturated rings. The molecule has 4 nitrogen and oxygen atoms in total. The average Bonchev–Trinajstić information content (AvgIpc) is 2.29. The van der Waals surface area contributed by atoms with E-state index in [0.29, 0.717) is 38.3 Å². The summed E-state index contributed by atoms with van der Waals surface area (Å²) in [5.41, 5.74) is -0.308. The van der Waals surface area contributed by atoms with Gasteiger partial charge in [-0.05, 0) is 19.3 Å². The fourth-order valence-electron chi connectivity index (χ4n) is 2.84. The Labute approximate surface area is 107 Å². The van der Waals surface area contributed by atoms with Crippen LogP contribution in [-0.2, 0) is 9.53 Å². The standard InChI is InChI=1S/C12H20ClNO3/c13-5-2-11(16)14-6-1-4-12(9-14)8-10(15)3-7-17-12/h10,15H,1-9H2/t10-,12-/m1/s1. The molecule has 1 N–H and O–H groups in total. The second-order valence-corrected chi connectivity index (χ2v) is 5.41. The van der Waals surface area contributed by atoms with Crippen molar-refractivity contribution < 1.29 is 14.6 Å². The number of carbonyl (C=O) groups excluding carboxylic acids is 1. The van der Waals surface area contributed by atoms with Gasteiger partial charge in [0.05, 0.1) is 11.7 Å². The van der Waals surface area contributed by atoms with Gasteiger partial charge in [-0.3, -0.25) is 4.79 Å². The van der Waals surface area contributed by atoms with Gasteiger partial charge in [-0.1, -0.05) is 0 Å². The highest BCUT2D eigenvalue weighted by molar-refractivity contribution is 6.18. The number of halogens is 1. The lowest BCUT2D eigenvalue weighted by Crippen LogP contribution is -2.55. The molecule has 1 spiro atoms. The number of carbonyl (C=O) groups is 1. The number of nitrogens with zero attached hydrogens (tertiary/aromatic N) is 1. The Morgan fingerprint density at radius 2 is 2.41 bits per heavy atom. The maximum absolute atomic E-state index is 11.8. The number of piperidine rings is 1. The van der Waals surface area contributed by atoms with Crippen LogP contribution in [0.3, 0.4) is 0 Å². The average molecular weight is 262 g/mol. The van der Waals surface area contributed by atoms with Crippen molar-refractivity contribution in [2.24, 2.45) is 0 Å². The van der Waals surface area contributed by atoms with Crippen molar-refractivity contribution in [3.63, 3.8) is 0 Å². The van der Waals surface area contributed by atoms with Crippen LogP contribution in [0.1, 0.15) is 32.1 Å². The van der Waals surface area contributed by atoms with E-state index in [1.807, 2.05) is 4.90 Å². The van der Waals surface area contributed by atoms with Gasteiger partial charge in [-0.25, -0.2) is 0 Å². The van der Waals surface area contributed by atoms with E-state index in [1.165, 1.54) is 0 Å². The Kier molecular flexibility index (Phi) is 4.28. The Hall–Kier alpha value is -0.320. The minimum atomic E-state index is -0.308. The third-order valence-corrected chi connectivity index (χ3v) is 3.86. The second kappa shape index (κ2) is 5.55. The predicted octanol–water partition coefficient (Wildman–Crippen LogP) is 1.15. The third-order valence-electron chi connectivity index (χ3n) is 3.67. The first-order valence-corrected chi connectivity index (χ1v) is 6.84. The largest absolute Gasteiger partial charge is 0.393 e. The molecule has 2 aliphatic rings. The third kappa shape index (κ3) is 3.12. The summed E-state index contributed by atoms with van der Waals surface area (Å²) in [6.45, 7) is 2.00. The lowest BCUT2D eigenvalue weighted by molar-refractivity contribution is -0.160. The van der Waals surface area contributed by atoms with Gasteiger partial charge in [0.1, 0.15) is 0 Å². The summed E-state index contributed by atoms with van der Waals surface area (Å²) in [5, 5.41) is 9.75. The van der Waals surface area contributed by atoms with E-state index in [1.54, 1.807) is 0 Å². The van der Waals surface area contributed by atoms with Crippen LogP contribution >= 0.6 is 11.6 Å². The van der Waals surface area contributed by atoms with Crippen molar-refractivity contribution >= 4 is 17.5 Å². The van der Waals surface area contributed by atoms with E-state index in [-0.39, 0.29) is 17.6 Å². The van der Waals surface area contributed by atoms with E-state index in [4.69, 9.17) is 16.3 Å². The number of alkyl halides is 1. The molecule has 1 amide bonds. The van der Waals surface area contributed by atoms with Gasteiger partial charge in [0, 0.05) is 38.4 Å². The summed E-state index contributed by atoms with van der Waals surface area (Å²) >= 11 is 5.60. The molecule has 2 aliphatic heterocycles. The summed E-state index contributed by atoms with van der Waals surface area (Å²) in [5.74, 6) is 0.467. The van der Waals surface area contributed by atoms with Crippen molar-refractivity contribution in [1.29, 1.82) is 0 Å². The monoisotopic (exact) mass is 261 g/mol.